The molecular formula is C20H28N2O5. The number of ether oxygens (including phenoxy) is 1. The van der Waals surface area contributed by atoms with Crippen LogP contribution in [0.1, 0.15) is 26.2 Å². The van der Waals surface area contributed by atoms with Gasteiger partial charge < -0.3 is 20.1 Å². The number of carbonyl (C=O) groups is 3. The first-order chi connectivity index (χ1) is 12.7. The third-order valence-electron chi connectivity index (χ3n) is 3.42. The first-order valence-corrected chi connectivity index (χ1v) is 8.45. The summed E-state index contributed by atoms with van der Waals surface area (Å²) in [4.78, 5) is 36.2. The Labute approximate surface area is 160 Å². The molecule has 0 spiro atoms. The third-order valence-corrected chi connectivity index (χ3v) is 3.42. The number of nitrogens with one attached hydrogen (secondary N) is 1. The zero-order valence-electron chi connectivity index (χ0n) is 16.4. The molecule has 0 aromatic carbocycles. The molecule has 0 heterocycles. The summed E-state index contributed by atoms with van der Waals surface area (Å²) in [5, 5.41) is 11.5. The van der Waals surface area contributed by atoms with Crippen molar-refractivity contribution in [1.29, 1.82) is 0 Å². The average Bonchev–Trinajstić information content (AvgIpc) is 2.64. The Balaban J connectivity index is 4.46. The van der Waals surface area contributed by atoms with Crippen LogP contribution in [0.25, 0.3) is 0 Å². The summed E-state index contributed by atoms with van der Waals surface area (Å²) in [6, 6.07) is -1.10. The molecule has 7 nitrogen and oxygen atoms in total. The van der Waals surface area contributed by atoms with E-state index in [1.54, 1.807) is 44.1 Å². The monoisotopic (exact) mass is 376 g/mol. The van der Waals surface area contributed by atoms with E-state index in [0.29, 0.717) is 30.4 Å². The van der Waals surface area contributed by atoms with Crippen LogP contribution in [0.3, 0.4) is 0 Å². The number of nitrogens with zero attached hydrogens (tertiary/aromatic N) is 1. The van der Waals surface area contributed by atoms with Crippen LogP contribution in [0.2, 0.25) is 0 Å². The van der Waals surface area contributed by atoms with Gasteiger partial charge in [0, 0.05) is 38.1 Å². The van der Waals surface area contributed by atoms with Gasteiger partial charge in [-0.1, -0.05) is 30.6 Å². The highest BCUT2D eigenvalue weighted by Crippen LogP contribution is 2.00. The molecule has 2 amide bonds. The zero-order chi connectivity index (χ0) is 20.8. The maximum Gasteiger partial charge on any atom is 0.330 e. The molecule has 27 heavy (non-hydrogen) atoms. The Morgan fingerprint density at radius 3 is 2.56 bits per heavy atom. The molecule has 0 rings (SSSR count). The molecule has 0 aromatic rings. The Hall–Kier alpha value is -2.85. The molecule has 0 saturated carbocycles. The molecule has 1 atom stereocenters. The number of hydrogen-bond acceptors (Lipinski definition) is 5. The van der Waals surface area contributed by atoms with Crippen molar-refractivity contribution in [2.24, 2.45) is 0 Å². The minimum Gasteiger partial charge on any atom is -0.467 e. The van der Waals surface area contributed by atoms with E-state index in [2.05, 4.69) is 28.5 Å². The number of unbranched alkanes of at least 4 members (excludes halogenated alkanes) is 1. The van der Waals surface area contributed by atoms with Gasteiger partial charge in [-0.2, -0.15) is 0 Å². The van der Waals surface area contributed by atoms with Crippen LogP contribution < -0.4 is 5.32 Å². The molecule has 7 heteroatoms. The predicted molar refractivity (Wildman–Crippen MR) is 103 cm³/mol. The molecule has 0 radical (unpaired) electrons. The number of esters is 1. The average molecular weight is 376 g/mol. The minimum absolute atomic E-state index is 0.0741. The van der Waals surface area contributed by atoms with Gasteiger partial charge in [0.2, 0.25) is 11.8 Å². The van der Waals surface area contributed by atoms with Crippen LogP contribution >= 0.6 is 0 Å². The van der Waals surface area contributed by atoms with Crippen molar-refractivity contribution in [2.75, 3.05) is 27.8 Å². The second kappa shape index (κ2) is 13.4. The molecule has 0 fully saturated rings. The zero-order valence-corrected chi connectivity index (χ0v) is 16.4. The van der Waals surface area contributed by atoms with Crippen molar-refractivity contribution in [2.45, 2.75) is 32.2 Å². The largest absolute Gasteiger partial charge is 0.467 e. The first-order valence-electron chi connectivity index (χ1n) is 8.45. The molecule has 0 aromatic heterocycles. The number of allylic oxidation sites excluding steroid dienone is 4. The van der Waals surface area contributed by atoms with Gasteiger partial charge in [-0.25, -0.2) is 4.79 Å². The second-order valence-corrected chi connectivity index (χ2v) is 5.91. The number of aliphatic hydroxyl groups excluding tert-OH is 1. The Bertz CT molecular complexity index is 666. The summed E-state index contributed by atoms with van der Waals surface area (Å²) in [5.41, 5.74) is 0.915. The lowest BCUT2D eigenvalue weighted by Crippen LogP contribution is -2.44. The fraction of sp³-hybridized carbons (Fsp3) is 0.450. The summed E-state index contributed by atoms with van der Waals surface area (Å²) >= 11 is 0. The fourth-order valence-corrected chi connectivity index (χ4v) is 1.75. The standard InChI is InChI=1S/C20H28N2O5/c1-15(10-7-6-8-13-18(24)22(3)4)11-9-12-16(2)19(25)21-17(14-23)20(26)27-5/h9,11-12,17,23H,1,6,8,13-14H2,2-5H3,(H,21,25)/b11-9-,16-12+/t17-/m1/s1. The van der Waals surface area contributed by atoms with Crippen molar-refractivity contribution in [3.63, 3.8) is 0 Å². The summed E-state index contributed by atoms with van der Waals surface area (Å²) in [6.07, 6.45) is 6.56. The summed E-state index contributed by atoms with van der Waals surface area (Å²) in [7, 11) is 4.61. The van der Waals surface area contributed by atoms with E-state index in [1.807, 2.05) is 0 Å². The quantitative estimate of drug-likeness (QED) is 0.205. The van der Waals surface area contributed by atoms with Gasteiger partial charge in [-0.05, 0) is 19.4 Å². The lowest BCUT2D eigenvalue weighted by atomic mass is 10.2. The Morgan fingerprint density at radius 2 is 2.00 bits per heavy atom. The highest BCUT2D eigenvalue weighted by Gasteiger charge is 2.20. The highest BCUT2D eigenvalue weighted by molar-refractivity contribution is 5.95. The van der Waals surface area contributed by atoms with E-state index in [-0.39, 0.29) is 5.91 Å². The fourth-order valence-electron chi connectivity index (χ4n) is 1.75. The number of rotatable bonds is 9. The smallest absolute Gasteiger partial charge is 0.330 e. The number of aliphatic hydroxyl groups is 1. The van der Waals surface area contributed by atoms with Crippen molar-refractivity contribution < 1.29 is 24.2 Å². The molecule has 0 bridgehead atoms. The van der Waals surface area contributed by atoms with E-state index >= 15 is 0 Å². The van der Waals surface area contributed by atoms with E-state index in [0.717, 1.165) is 0 Å². The maximum absolute atomic E-state index is 11.9. The second-order valence-electron chi connectivity index (χ2n) is 5.91. The molecule has 0 aliphatic heterocycles. The van der Waals surface area contributed by atoms with Crippen LogP contribution in [0, 0.1) is 11.8 Å². The SMILES string of the molecule is C=C(C#CCCCC(=O)N(C)C)/C=C\C=C(/C)C(=O)N[C@H](CO)C(=O)OC. The molecular weight excluding hydrogens is 348 g/mol. The molecule has 0 aliphatic carbocycles. The van der Waals surface area contributed by atoms with Crippen LogP contribution in [0.4, 0.5) is 0 Å². The minimum atomic E-state index is -1.10. The van der Waals surface area contributed by atoms with Gasteiger partial charge in [0.15, 0.2) is 6.04 Å². The Morgan fingerprint density at radius 1 is 1.33 bits per heavy atom. The number of carbonyl (C=O) groups excluding carboxylic acids is 3. The van der Waals surface area contributed by atoms with Crippen LogP contribution in [0.15, 0.2) is 36.0 Å². The van der Waals surface area contributed by atoms with Crippen molar-refractivity contribution >= 4 is 17.8 Å². The number of methoxy groups -OCH3 is 1. The van der Waals surface area contributed by atoms with Crippen LogP contribution in [-0.4, -0.2) is 61.6 Å². The molecule has 0 unspecified atom stereocenters. The normalized spacial score (nSPS) is 12.0. The Kier molecular flexibility index (Phi) is 12.0. The van der Waals surface area contributed by atoms with E-state index in [4.69, 9.17) is 5.11 Å². The van der Waals surface area contributed by atoms with Gasteiger partial charge in [0.25, 0.3) is 0 Å². The van der Waals surface area contributed by atoms with Gasteiger partial charge >= 0.3 is 5.97 Å². The molecule has 0 aliphatic rings. The van der Waals surface area contributed by atoms with Gasteiger partial charge in [0.1, 0.15) is 0 Å². The van der Waals surface area contributed by atoms with Crippen molar-refractivity contribution in [3.05, 3.63) is 36.0 Å². The van der Waals surface area contributed by atoms with Gasteiger partial charge in [-0.15, -0.1) is 0 Å². The van der Waals surface area contributed by atoms with Crippen LogP contribution in [0.5, 0.6) is 0 Å². The first kappa shape index (κ1) is 24.1. The number of hydrogen-bond donors (Lipinski definition) is 2. The summed E-state index contributed by atoms with van der Waals surface area (Å²) in [5.74, 6) is 4.68. The van der Waals surface area contributed by atoms with Crippen LogP contribution in [-0.2, 0) is 19.1 Å². The van der Waals surface area contributed by atoms with Gasteiger partial charge in [-0.3, -0.25) is 9.59 Å². The molecule has 0 saturated heterocycles. The maximum atomic E-state index is 11.9. The summed E-state index contributed by atoms with van der Waals surface area (Å²) < 4.78 is 4.48. The number of amides is 2. The van der Waals surface area contributed by atoms with Gasteiger partial charge in [0.05, 0.1) is 13.7 Å². The highest BCUT2D eigenvalue weighted by atomic mass is 16.5. The van der Waals surface area contributed by atoms with E-state index in [1.165, 1.54) is 7.11 Å². The third kappa shape index (κ3) is 10.7. The van der Waals surface area contributed by atoms with E-state index < -0.39 is 24.5 Å². The lowest BCUT2D eigenvalue weighted by Gasteiger charge is -2.13. The molecule has 148 valence electrons. The predicted octanol–water partition coefficient (Wildman–Crippen LogP) is 0.957. The van der Waals surface area contributed by atoms with Crippen molar-refractivity contribution in [3.8, 4) is 11.8 Å². The lowest BCUT2D eigenvalue weighted by molar-refractivity contribution is -0.145. The van der Waals surface area contributed by atoms with E-state index in [9.17, 15) is 14.4 Å². The molecule has 2 N–H and O–H groups in total. The summed E-state index contributed by atoms with van der Waals surface area (Å²) in [6.45, 7) is 4.82. The van der Waals surface area contributed by atoms with Crippen molar-refractivity contribution in [1.82, 2.24) is 10.2 Å². The topological polar surface area (TPSA) is 95.9 Å².